The summed E-state index contributed by atoms with van der Waals surface area (Å²) < 4.78 is 43.7. The Kier molecular flexibility index (Phi) is 4.67. The van der Waals surface area contributed by atoms with Crippen molar-refractivity contribution in [1.82, 2.24) is 0 Å². The third-order valence-corrected chi connectivity index (χ3v) is 5.20. The largest absolute Gasteiger partial charge is 0.459 e. The minimum atomic E-state index is -3.63. The van der Waals surface area contributed by atoms with Gasteiger partial charge in [-0.25, -0.2) is 12.8 Å². The average Bonchev–Trinajstić information content (AvgIpc) is 3.05. The van der Waals surface area contributed by atoms with E-state index in [0.717, 1.165) is 0 Å². The second-order valence-corrected chi connectivity index (χ2v) is 7.27. The Morgan fingerprint density at radius 1 is 1.00 bits per heavy atom. The molecule has 0 saturated heterocycles. The molecule has 1 amide bonds. The number of rotatable bonds is 5. The number of anilines is 1. The van der Waals surface area contributed by atoms with Crippen molar-refractivity contribution in [2.24, 2.45) is 0 Å². The van der Waals surface area contributed by atoms with Crippen molar-refractivity contribution < 1.29 is 22.0 Å². The summed E-state index contributed by atoms with van der Waals surface area (Å²) in [5, 5.41) is 2.38. The molecule has 1 N–H and O–H groups in total. The topological polar surface area (TPSA) is 76.4 Å². The van der Waals surface area contributed by atoms with E-state index in [1.165, 1.54) is 42.7 Å². The van der Waals surface area contributed by atoms with Crippen LogP contribution < -0.4 is 5.32 Å². The van der Waals surface area contributed by atoms with Crippen LogP contribution in [-0.2, 0) is 15.6 Å². The number of carbonyl (C=O) groups excluding carboxylic acids is 1. The summed E-state index contributed by atoms with van der Waals surface area (Å²) in [5.41, 5.74) is 0.193. The van der Waals surface area contributed by atoms with Crippen LogP contribution in [0, 0.1) is 5.82 Å². The summed E-state index contributed by atoms with van der Waals surface area (Å²) in [6.07, 6.45) is 1.23. The monoisotopic (exact) mass is 359 g/mol. The zero-order chi connectivity index (χ0) is 17.9. The Labute approximate surface area is 144 Å². The van der Waals surface area contributed by atoms with Crippen LogP contribution in [0.3, 0.4) is 0 Å². The minimum absolute atomic E-state index is 0.0132. The molecule has 0 spiro atoms. The summed E-state index contributed by atoms with van der Waals surface area (Å²) in [6.45, 7) is 0. The number of carbonyl (C=O) groups is 1. The second kappa shape index (κ2) is 6.90. The van der Waals surface area contributed by atoms with Gasteiger partial charge in [-0.2, -0.15) is 0 Å². The molecular formula is C18H14FNO4S. The summed E-state index contributed by atoms with van der Waals surface area (Å²) in [4.78, 5) is 12.5. The molecule has 0 fully saturated rings. The van der Waals surface area contributed by atoms with E-state index in [0.29, 0.717) is 0 Å². The van der Waals surface area contributed by atoms with Crippen molar-refractivity contribution in [3.05, 3.63) is 84.1 Å². The number of nitrogens with one attached hydrogen (secondary N) is 1. The molecule has 0 saturated carbocycles. The molecule has 0 aliphatic heterocycles. The van der Waals surface area contributed by atoms with Gasteiger partial charge in [0, 0.05) is 5.56 Å². The number of halogens is 1. The molecule has 0 radical (unpaired) electrons. The van der Waals surface area contributed by atoms with Crippen LogP contribution in [0.15, 0.2) is 76.2 Å². The van der Waals surface area contributed by atoms with Gasteiger partial charge in [-0.15, -0.1) is 0 Å². The molecule has 0 unspecified atom stereocenters. The van der Waals surface area contributed by atoms with Gasteiger partial charge in [0.15, 0.2) is 15.6 Å². The van der Waals surface area contributed by atoms with E-state index in [1.54, 1.807) is 24.3 Å². The van der Waals surface area contributed by atoms with Crippen LogP contribution in [0.5, 0.6) is 0 Å². The van der Waals surface area contributed by atoms with Crippen LogP contribution in [-0.4, -0.2) is 14.3 Å². The summed E-state index contributed by atoms with van der Waals surface area (Å²) in [6, 6.07) is 15.0. The van der Waals surface area contributed by atoms with Gasteiger partial charge in [0.1, 0.15) is 5.82 Å². The van der Waals surface area contributed by atoms with Crippen molar-refractivity contribution in [2.75, 3.05) is 5.32 Å². The van der Waals surface area contributed by atoms with E-state index in [9.17, 15) is 17.6 Å². The van der Waals surface area contributed by atoms with Crippen LogP contribution in [0.4, 0.5) is 10.1 Å². The van der Waals surface area contributed by atoms with Gasteiger partial charge >= 0.3 is 0 Å². The zero-order valence-electron chi connectivity index (χ0n) is 13.0. The van der Waals surface area contributed by atoms with Gasteiger partial charge in [-0.1, -0.05) is 30.3 Å². The SMILES string of the molecule is O=C(Nc1ccccc1F)c1occc1CS(=O)(=O)c1ccccc1. The van der Waals surface area contributed by atoms with Gasteiger partial charge in [0.25, 0.3) is 5.91 Å². The van der Waals surface area contributed by atoms with Gasteiger partial charge in [0.2, 0.25) is 0 Å². The normalized spacial score (nSPS) is 11.2. The molecular weight excluding hydrogens is 345 g/mol. The number of benzene rings is 2. The number of furan rings is 1. The van der Waals surface area contributed by atoms with Crippen LogP contribution in [0.25, 0.3) is 0 Å². The number of sulfone groups is 1. The lowest BCUT2D eigenvalue weighted by atomic mass is 10.2. The lowest BCUT2D eigenvalue weighted by Gasteiger charge is -2.07. The fourth-order valence-electron chi connectivity index (χ4n) is 2.31. The molecule has 1 heterocycles. The molecule has 0 atom stereocenters. The van der Waals surface area contributed by atoms with Gasteiger partial charge in [-0.05, 0) is 30.3 Å². The van der Waals surface area contributed by atoms with Gasteiger partial charge in [0.05, 0.1) is 22.6 Å². The van der Waals surface area contributed by atoms with Crippen LogP contribution in [0.2, 0.25) is 0 Å². The highest BCUT2D eigenvalue weighted by Gasteiger charge is 2.23. The Bertz CT molecular complexity index is 997. The van der Waals surface area contributed by atoms with Crippen molar-refractivity contribution >= 4 is 21.4 Å². The van der Waals surface area contributed by atoms with Gasteiger partial charge in [-0.3, -0.25) is 4.79 Å². The summed E-state index contributed by atoms with van der Waals surface area (Å²) >= 11 is 0. The Morgan fingerprint density at radius 2 is 1.68 bits per heavy atom. The molecule has 3 aromatic rings. The molecule has 5 nitrogen and oxygen atoms in total. The summed E-state index contributed by atoms with van der Waals surface area (Å²) in [7, 11) is -3.63. The van der Waals surface area contributed by atoms with E-state index >= 15 is 0 Å². The first-order valence-electron chi connectivity index (χ1n) is 7.37. The van der Waals surface area contributed by atoms with Gasteiger partial charge < -0.3 is 9.73 Å². The number of amides is 1. The third-order valence-electron chi connectivity index (χ3n) is 3.52. The lowest BCUT2D eigenvalue weighted by molar-refractivity contribution is 0.0995. The number of hydrogen-bond donors (Lipinski definition) is 1. The molecule has 25 heavy (non-hydrogen) atoms. The van der Waals surface area contributed by atoms with Crippen LogP contribution >= 0.6 is 0 Å². The molecule has 7 heteroatoms. The highest BCUT2D eigenvalue weighted by atomic mass is 32.2. The molecule has 128 valence electrons. The maximum Gasteiger partial charge on any atom is 0.291 e. The Hall–Kier alpha value is -2.93. The van der Waals surface area contributed by atoms with Crippen LogP contribution in [0.1, 0.15) is 16.1 Å². The highest BCUT2D eigenvalue weighted by molar-refractivity contribution is 7.90. The third kappa shape index (κ3) is 3.77. The smallest absolute Gasteiger partial charge is 0.291 e. The lowest BCUT2D eigenvalue weighted by Crippen LogP contribution is -2.15. The van der Waals surface area contributed by atoms with Crippen molar-refractivity contribution in [1.29, 1.82) is 0 Å². The van der Waals surface area contributed by atoms with Crippen molar-refractivity contribution in [3.8, 4) is 0 Å². The first-order chi connectivity index (χ1) is 12.0. The molecule has 3 rings (SSSR count). The number of hydrogen-bond acceptors (Lipinski definition) is 4. The van der Waals surface area contributed by atoms with E-state index in [-0.39, 0.29) is 21.9 Å². The highest BCUT2D eigenvalue weighted by Crippen LogP contribution is 2.21. The fourth-order valence-corrected chi connectivity index (χ4v) is 3.68. The van der Waals surface area contributed by atoms with E-state index < -0.39 is 27.3 Å². The maximum absolute atomic E-state index is 13.6. The Morgan fingerprint density at radius 3 is 2.40 bits per heavy atom. The maximum atomic E-state index is 13.6. The Balaban J connectivity index is 1.83. The predicted octanol–water partition coefficient (Wildman–Crippen LogP) is 3.64. The molecule has 2 aromatic carbocycles. The first kappa shape index (κ1) is 16.9. The summed E-state index contributed by atoms with van der Waals surface area (Å²) in [5.74, 6) is -1.87. The van der Waals surface area contributed by atoms with Crippen molar-refractivity contribution in [2.45, 2.75) is 10.6 Å². The zero-order valence-corrected chi connectivity index (χ0v) is 13.8. The molecule has 1 aromatic heterocycles. The van der Waals surface area contributed by atoms with E-state index in [1.807, 2.05) is 0 Å². The standard InChI is InChI=1S/C18H14FNO4S/c19-15-8-4-5-9-16(15)20-18(21)17-13(10-11-24-17)12-25(22,23)14-6-2-1-3-7-14/h1-11H,12H2,(H,20,21). The quantitative estimate of drug-likeness (QED) is 0.754. The second-order valence-electron chi connectivity index (χ2n) is 5.28. The number of para-hydroxylation sites is 1. The predicted molar refractivity (Wildman–Crippen MR) is 90.4 cm³/mol. The van der Waals surface area contributed by atoms with E-state index in [2.05, 4.69) is 5.32 Å². The fraction of sp³-hybridized carbons (Fsp3) is 0.0556. The first-order valence-corrected chi connectivity index (χ1v) is 9.02. The molecule has 0 aliphatic rings. The van der Waals surface area contributed by atoms with Crippen molar-refractivity contribution in [3.63, 3.8) is 0 Å². The molecule has 0 bridgehead atoms. The molecule has 0 aliphatic carbocycles. The minimum Gasteiger partial charge on any atom is -0.459 e. The van der Waals surface area contributed by atoms with E-state index in [4.69, 9.17) is 4.42 Å². The average molecular weight is 359 g/mol.